The van der Waals surface area contributed by atoms with Gasteiger partial charge in [0.05, 0.1) is 27.4 Å². The molecule has 10 heteroatoms. The molecule has 1 fully saturated rings. The molecule has 1 heterocycles. The molecule has 0 bridgehead atoms. The Hall–Kier alpha value is -2.67. The monoisotopic (exact) mass is 559 g/mol. The third-order valence-electron chi connectivity index (χ3n) is 6.45. The van der Waals surface area contributed by atoms with Gasteiger partial charge in [-0.3, -0.25) is 8.98 Å². The molecule has 1 aliphatic heterocycles. The van der Waals surface area contributed by atoms with Gasteiger partial charge in [0.2, 0.25) is 0 Å². The lowest BCUT2D eigenvalue weighted by Crippen LogP contribution is -2.49. The topological polar surface area (TPSA) is 99.5 Å². The first-order valence-electron chi connectivity index (χ1n) is 11.9. The maximum absolute atomic E-state index is 13.6. The van der Waals surface area contributed by atoms with Crippen LogP contribution < -0.4 is 5.32 Å². The van der Waals surface area contributed by atoms with Gasteiger partial charge in [0.1, 0.15) is 6.10 Å². The van der Waals surface area contributed by atoms with E-state index in [1.807, 2.05) is 30.3 Å². The molecule has 0 saturated carbocycles. The van der Waals surface area contributed by atoms with Gasteiger partial charge in [-0.25, -0.2) is 0 Å². The number of fused-ring (bicyclic) bond motifs is 1. The van der Waals surface area contributed by atoms with Gasteiger partial charge in [-0.2, -0.15) is 13.7 Å². The van der Waals surface area contributed by atoms with Crippen LogP contribution in [0.2, 0.25) is 10.0 Å². The second-order valence-corrected chi connectivity index (χ2v) is 11.7. The first-order chi connectivity index (χ1) is 17.7. The Labute approximate surface area is 227 Å². The molecule has 1 saturated heterocycles. The van der Waals surface area contributed by atoms with Crippen LogP contribution in [0.25, 0.3) is 10.8 Å². The molecule has 1 atom stereocenters. The Morgan fingerprint density at radius 3 is 2.59 bits per heavy atom. The zero-order valence-electron chi connectivity index (χ0n) is 20.3. The predicted octanol–water partition coefficient (Wildman–Crippen LogP) is 4.97. The summed E-state index contributed by atoms with van der Waals surface area (Å²) in [5.41, 5.74) is 1.70. The number of rotatable bonds is 10. The molecule has 37 heavy (non-hydrogen) atoms. The van der Waals surface area contributed by atoms with E-state index < -0.39 is 10.1 Å². The van der Waals surface area contributed by atoms with Crippen LogP contribution in [0.3, 0.4) is 0 Å². The van der Waals surface area contributed by atoms with Gasteiger partial charge in [0, 0.05) is 38.2 Å². The maximum Gasteiger partial charge on any atom is 0.267 e. The Bertz CT molecular complexity index is 1450. The number of nitriles is 1. The molecule has 3 aromatic carbocycles. The van der Waals surface area contributed by atoms with Crippen molar-refractivity contribution in [3.63, 3.8) is 0 Å². The van der Waals surface area contributed by atoms with Crippen molar-refractivity contribution in [2.24, 2.45) is 0 Å². The zero-order valence-corrected chi connectivity index (χ0v) is 22.6. The lowest BCUT2D eigenvalue weighted by Gasteiger charge is -2.27. The lowest BCUT2D eigenvalue weighted by atomic mass is 9.93. The van der Waals surface area contributed by atoms with E-state index in [1.54, 1.807) is 36.2 Å². The molecule has 3 aromatic rings. The van der Waals surface area contributed by atoms with E-state index >= 15 is 0 Å². The SMILES string of the molecule is CN(C[C@@H](CCCS(=O)(=O)OC1CNC1)c1ccc(Cl)c(Cl)c1)C(=O)c1cc(C#N)cc2ccccc12. The quantitative estimate of drug-likeness (QED) is 0.352. The highest BCUT2D eigenvalue weighted by atomic mass is 35.5. The number of likely N-dealkylation sites (N-methyl/N-ethyl adjacent to an activating group) is 1. The molecular weight excluding hydrogens is 533 g/mol. The molecule has 0 aromatic heterocycles. The summed E-state index contributed by atoms with van der Waals surface area (Å²) in [6.07, 6.45) is 0.529. The van der Waals surface area contributed by atoms with E-state index in [0.717, 1.165) is 16.3 Å². The number of carbonyl (C=O) groups is 1. The molecule has 1 N–H and O–H groups in total. The largest absolute Gasteiger partial charge is 0.341 e. The number of halogens is 2. The van der Waals surface area contributed by atoms with E-state index in [2.05, 4.69) is 11.4 Å². The van der Waals surface area contributed by atoms with Crippen molar-refractivity contribution >= 4 is 50.0 Å². The van der Waals surface area contributed by atoms with E-state index in [4.69, 9.17) is 27.4 Å². The fourth-order valence-electron chi connectivity index (χ4n) is 4.39. The van der Waals surface area contributed by atoms with E-state index in [-0.39, 0.29) is 23.7 Å². The van der Waals surface area contributed by atoms with Crippen LogP contribution in [0.1, 0.15) is 40.2 Å². The minimum Gasteiger partial charge on any atom is -0.341 e. The molecule has 1 amide bonds. The van der Waals surface area contributed by atoms with Crippen molar-refractivity contribution in [3.8, 4) is 6.07 Å². The summed E-state index contributed by atoms with van der Waals surface area (Å²) in [7, 11) is -1.95. The average molecular weight is 561 g/mol. The van der Waals surface area contributed by atoms with Gasteiger partial charge >= 0.3 is 0 Å². The molecule has 194 valence electrons. The Kier molecular flexibility index (Phi) is 8.73. The Morgan fingerprint density at radius 1 is 1.16 bits per heavy atom. The smallest absolute Gasteiger partial charge is 0.267 e. The Balaban J connectivity index is 1.54. The number of benzene rings is 3. The highest BCUT2D eigenvalue weighted by Gasteiger charge is 2.26. The van der Waals surface area contributed by atoms with Crippen LogP contribution >= 0.6 is 23.2 Å². The van der Waals surface area contributed by atoms with Gasteiger partial charge in [-0.1, -0.05) is 53.5 Å². The van der Waals surface area contributed by atoms with Crippen molar-refractivity contribution in [2.45, 2.75) is 24.9 Å². The number of nitrogens with zero attached hydrogens (tertiary/aromatic N) is 2. The first kappa shape index (κ1) is 27.4. The highest BCUT2D eigenvalue weighted by Crippen LogP contribution is 2.30. The van der Waals surface area contributed by atoms with Crippen LogP contribution in [0.15, 0.2) is 54.6 Å². The van der Waals surface area contributed by atoms with Gasteiger partial charge in [-0.15, -0.1) is 0 Å². The summed E-state index contributed by atoms with van der Waals surface area (Å²) >= 11 is 12.4. The van der Waals surface area contributed by atoms with Crippen LogP contribution in [-0.2, 0) is 14.3 Å². The number of hydrogen-bond donors (Lipinski definition) is 1. The Morgan fingerprint density at radius 2 is 1.92 bits per heavy atom. The van der Waals surface area contributed by atoms with Crippen LogP contribution in [0, 0.1) is 11.3 Å². The van der Waals surface area contributed by atoms with Gasteiger partial charge < -0.3 is 10.2 Å². The summed E-state index contributed by atoms with van der Waals surface area (Å²) in [6.45, 7) is 1.37. The molecule has 0 unspecified atom stereocenters. The minimum absolute atomic E-state index is 0.117. The minimum atomic E-state index is -3.65. The third-order valence-corrected chi connectivity index (χ3v) is 8.54. The highest BCUT2D eigenvalue weighted by molar-refractivity contribution is 7.86. The lowest BCUT2D eigenvalue weighted by molar-refractivity contribution is 0.0786. The molecular formula is C27H27Cl2N3O4S. The van der Waals surface area contributed by atoms with Gasteiger partial charge in [0.25, 0.3) is 16.0 Å². The van der Waals surface area contributed by atoms with E-state index in [0.29, 0.717) is 53.6 Å². The molecule has 1 aliphatic rings. The van der Waals surface area contributed by atoms with Crippen LogP contribution in [0.5, 0.6) is 0 Å². The number of hydrogen-bond acceptors (Lipinski definition) is 6. The average Bonchev–Trinajstić information content (AvgIpc) is 2.86. The van der Waals surface area contributed by atoms with Crippen LogP contribution in [0.4, 0.5) is 0 Å². The number of amides is 1. The molecule has 0 spiro atoms. The fourth-order valence-corrected chi connectivity index (χ4v) is 5.87. The van der Waals surface area contributed by atoms with Crippen LogP contribution in [-0.4, -0.2) is 57.8 Å². The fraction of sp³-hybridized carbons (Fsp3) is 0.333. The molecule has 4 rings (SSSR count). The van der Waals surface area contributed by atoms with Gasteiger partial charge in [-0.05, 0) is 53.4 Å². The van der Waals surface area contributed by atoms with E-state index in [1.165, 1.54) is 0 Å². The normalized spacial score (nSPS) is 14.6. The van der Waals surface area contributed by atoms with Gasteiger partial charge in [0.15, 0.2) is 0 Å². The molecule has 0 radical (unpaired) electrons. The second-order valence-electron chi connectivity index (χ2n) is 9.19. The van der Waals surface area contributed by atoms with Crippen molar-refractivity contribution in [1.82, 2.24) is 10.2 Å². The number of carbonyl (C=O) groups excluding carboxylic acids is 1. The zero-order chi connectivity index (χ0) is 26.6. The van der Waals surface area contributed by atoms with Crippen molar-refractivity contribution in [2.75, 3.05) is 32.4 Å². The van der Waals surface area contributed by atoms with Crippen molar-refractivity contribution in [3.05, 3.63) is 81.3 Å². The molecule has 0 aliphatic carbocycles. The summed E-state index contributed by atoms with van der Waals surface area (Å²) in [5, 5.41) is 14.8. The first-order valence-corrected chi connectivity index (χ1v) is 14.2. The number of nitrogens with one attached hydrogen (secondary N) is 1. The summed E-state index contributed by atoms with van der Waals surface area (Å²) in [5.74, 6) is -0.546. The summed E-state index contributed by atoms with van der Waals surface area (Å²) in [4.78, 5) is 15.2. The maximum atomic E-state index is 13.6. The van der Waals surface area contributed by atoms with E-state index in [9.17, 15) is 18.5 Å². The standard InChI is InChI=1S/C27H27Cl2N3O4S/c1-32(27(33)24-12-18(14-30)11-20-5-2-3-7-23(20)24)17-21(19-8-9-25(28)26(29)13-19)6-4-10-37(34,35)36-22-15-31-16-22/h2-3,5,7-9,11-13,21-22,31H,4,6,10,15-17H2,1H3/t21-/m1/s1. The third kappa shape index (κ3) is 6.81. The summed E-state index contributed by atoms with van der Waals surface area (Å²) < 4.78 is 30.0. The second kappa shape index (κ2) is 11.8. The molecule has 7 nitrogen and oxygen atoms in total. The van der Waals surface area contributed by atoms with Crippen molar-refractivity contribution < 1.29 is 17.4 Å². The van der Waals surface area contributed by atoms with Crippen molar-refractivity contribution in [1.29, 1.82) is 5.26 Å². The summed E-state index contributed by atoms with van der Waals surface area (Å²) in [6, 6.07) is 18.2. The predicted molar refractivity (Wildman–Crippen MR) is 146 cm³/mol.